The van der Waals surface area contributed by atoms with Crippen molar-refractivity contribution in [3.05, 3.63) is 57.3 Å². The minimum atomic E-state index is -0.255. The molecule has 2 aromatic rings. The Morgan fingerprint density at radius 1 is 1.35 bits per heavy atom. The summed E-state index contributed by atoms with van der Waals surface area (Å²) in [7, 11) is 1.43. The lowest BCUT2D eigenvalue weighted by Crippen LogP contribution is -2.29. The number of fused-ring (bicyclic) bond motifs is 1. The van der Waals surface area contributed by atoms with Crippen LogP contribution < -0.4 is 0 Å². The van der Waals surface area contributed by atoms with Crippen molar-refractivity contribution >= 4 is 17.3 Å². The van der Waals surface area contributed by atoms with E-state index in [4.69, 9.17) is 4.74 Å². The van der Waals surface area contributed by atoms with Crippen molar-refractivity contribution in [2.45, 2.75) is 19.5 Å². The van der Waals surface area contributed by atoms with Crippen molar-refractivity contribution in [3.63, 3.8) is 0 Å². The fourth-order valence-electron chi connectivity index (χ4n) is 2.63. The first-order valence-electron chi connectivity index (χ1n) is 6.72. The highest BCUT2D eigenvalue weighted by Crippen LogP contribution is 2.25. The lowest BCUT2D eigenvalue weighted by Gasteiger charge is -2.27. The molecule has 3 nitrogen and oxygen atoms in total. The van der Waals surface area contributed by atoms with Gasteiger partial charge in [-0.2, -0.15) is 0 Å². The van der Waals surface area contributed by atoms with E-state index >= 15 is 0 Å². The molecule has 1 aromatic carbocycles. The minimum Gasteiger partial charge on any atom is -0.465 e. The summed E-state index contributed by atoms with van der Waals surface area (Å²) in [6.45, 7) is 2.81. The normalized spacial score (nSPS) is 14.8. The molecule has 0 unspecified atom stereocenters. The summed E-state index contributed by atoms with van der Waals surface area (Å²) < 4.78 is 4.85. The molecule has 0 saturated carbocycles. The van der Waals surface area contributed by atoms with E-state index in [1.165, 1.54) is 17.6 Å². The monoisotopic (exact) mass is 287 g/mol. The number of ether oxygens (including phenoxy) is 1. The summed E-state index contributed by atoms with van der Waals surface area (Å²) in [6.07, 6.45) is 1.10. The largest absolute Gasteiger partial charge is 0.465 e. The van der Waals surface area contributed by atoms with E-state index in [0.717, 1.165) is 31.6 Å². The van der Waals surface area contributed by atoms with Gasteiger partial charge in [-0.15, -0.1) is 11.3 Å². The molecule has 0 radical (unpaired) electrons. The van der Waals surface area contributed by atoms with Crippen LogP contribution in [0.15, 0.2) is 35.7 Å². The molecule has 0 atom stereocenters. The topological polar surface area (TPSA) is 29.5 Å². The van der Waals surface area contributed by atoms with Crippen LogP contribution in [0.1, 0.15) is 26.4 Å². The summed E-state index contributed by atoms with van der Waals surface area (Å²) in [6, 6.07) is 9.92. The van der Waals surface area contributed by atoms with E-state index in [0.29, 0.717) is 5.56 Å². The molecule has 0 saturated heterocycles. The summed E-state index contributed by atoms with van der Waals surface area (Å²) in [5.74, 6) is -0.255. The first kappa shape index (κ1) is 13.3. The molecule has 0 spiro atoms. The van der Waals surface area contributed by atoms with Crippen molar-refractivity contribution in [1.82, 2.24) is 4.90 Å². The van der Waals surface area contributed by atoms with Gasteiger partial charge < -0.3 is 4.74 Å². The Kier molecular flexibility index (Phi) is 3.85. The van der Waals surface area contributed by atoms with Crippen molar-refractivity contribution in [1.29, 1.82) is 0 Å². The molecule has 3 rings (SSSR count). The Morgan fingerprint density at radius 2 is 2.20 bits per heavy atom. The van der Waals surface area contributed by atoms with Crippen molar-refractivity contribution in [3.8, 4) is 0 Å². The first-order chi connectivity index (χ1) is 9.78. The molecule has 0 N–H and O–H groups in total. The average Bonchev–Trinajstić information content (AvgIpc) is 2.94. The Balaban J connectivity index is 1.78. The standard InChI is InChI=1S/C16H17NO2S/c1-19-16(18)14-5-3-2-4-13(14)10-17-8-6-12-7-9-20-15(12)11-17/h2-5,7,9H,6,8,10-11H2,1H3. The van der Waals surface area contributed by atoms with Crippen LogP contribution >= 0.6 is 11.3 Å². The highest BCUT2D eigenvalue weighted by molar-refractivity contribution is 7.10. The fraction of sp³-hybridized carbons (Fsp3) is 0.312. The maximum absolute atomic E-state index is 11.8. The SMILES string of the molecule is COC(=O)c1ccccc1CN1CCc2ccsc2C1. The van der Waals surface area contributed by atoms with Gasteiger partial charge in [0.1, 0.15) is 0 Å². The van der Waals surface area contributed by atoms with Gasteiger partial charge >= 0.3 is 5.97 Å². The van der Waals surface area contributed by atoms with Gasteiger partial charge in [0.05, 0.1) is 12.7 Å². The molecule has 104 valence electrons. The predicted octanol–water partition coefficient (Wildman–Crippen LogP) is 3.09. The van der Waals surface area contributed by atoms with Crippen LogP contribution in [0, 0.1) is 0 Å². The molecule has 0 bridgehead atoms. The lowest BCUT2D eigenvalue weighted by molar-refractivity contribution is 0.0598. The number of hydrogen-bond donors (Lipinski definition) is 0. The van der Waals surface area contributed by atoms with E-state index in [-0.39, 0.29) is 5.97 Å². The molecular formula is C16H17NO2S. The predicted molar refractivity (Wildman–Crippen MR) is 79.9 cm³/mol. The van der Waals surface area contributed by atoms with Crippen LogP contribution in [-0.2, 0) is 24.2 Å². The quantitative estimate of drug-likeness (QED) is 0.812. The second-order valence-electron chi connectivity index (χ2n) is 4.98. The third-order valence-corrected chi connectivity index (χ3v) is 4.67. The Bertz CT molecular complexity index is 620. The highest BCUT2D eigenvalue weighted by atomic mass is 32.1. The summed E-state index contributed by atoms with van der Waals surface area (Å²) in [5.41, 5.74) is 3.19. The molecule has 1 aliphatic heterocycles. The second-order valence-corrected chi connectivity index (χ2v) is 5.98. The molecule has 1 aliphatic rings. The zero-order chi connectivity index (χ0) is 13.9. The number of carbonyl (C=O) groups excluding carboxylic acids is 1. The van der Waals surface area contributed by atoms with Crippen LogP contribution in [0.5, 0.6) is 0 Å². The lowest BCUT2D eigenvalue weighted by atomic mass is 10.0. The zero-order valence-electron chi connectivity index (χ0n) is 11.5. The minimum absolute atomic E-state index is 0.255. The van der Waals surface area contributed by atoms with Crippen LogP contribution in [0.25, 0.3) is 0 Å². The van der Waals surface area contributed by atoms with Gasteiger partial charge in [0, 0.05) is 24.5 Å². The van der Waals surface area contributed by atoms with E-state index in [9.17, 15) is 4.79 Å². The molecule has 2 heterocycles. The number of methoxy groups -OCH3 is 1. The Hall–Kier alpha value is -1.65. The Labute approximate surface area is 122 Å². The maximum Gasteiger partial charge on any atom is 0.338 e. The average molecular weight is 287 g/mol. The van der Waals surface area contributed by atoms with Gasteiger partial charge in [0.15, 0.2) is 0 Å². The summed E-state index contributed by atoms with van der Waals surface area (Å²) in [4.78, 5) is 15.6. The van der Waals surface area contributed by atoms with Gasteiger partial charge in [0.25, 0.3) is 0 Å². The smallest absolute Gasteiger partial charge is 0.338 e. The van der Waals surface area contributed by atoms with Gasteiger partial charge in [0.2, 0.25) is 0 Å². The number of carbonyl (C=O) groups is 1. The second kappa shape index (κ2) is 5.77. The van der Waals surface area contributed by atoms with E-state index in [1.807, 2.05) is 35.6 Å². The molecule has 20 heavy (non-hydrogen) atoms. The molecular weight excluding hydrogens is 270 g/mol. The molecule has 1 aromatic heterocycles. The molecule has 0 aliphatic carbocycles. The van der Waals surface area contributed by atoms with Crippen LogP contribution in [0.4, 0.5) is 0 Å². The first-order valence-corrected chi connectivity index (χ1v) is 7.59. The number of hydrogen-bond acceptors (Lipinski definition) is 4. The summed E-state index contributed by atoms with van der Waals surface area (Å²) >= 11 is 1.82. The third kappa shape index (κ3) is 2.62. The molecule has 0 amide bonds. The van der Waals surface area contributed by atoms with E-state index in [1.54, 1.807) is 0 Å². The Morgan fingerprint density at radius 3 is 3.05 bits per heavy atom. The number of rotatable bonds is 3. The summed E-state index contributed by atoms with van der Waals surface area (Å²) in [5, 5.41) is 2.16. The van der Waals surface area contributed by atoms with E-state index in [2.05, 4.69) is 16.3 Å². The maximum atomic E-state index is 11.8. The van der Waals surface area contributed by atoms with Crippen molar-refractivity contribution in [2.24, 2.45) is 0 Å². The third-order valence-electron chi connectivity index (χ3n) is 3.72. The fourth-order valence-corrected chi connectivity index (χ4v) is 3.61. The molecule has 0 fully saturated rings. The number of esters is 1. The van der Waals surface area contributed by atoms with E-state index < -0.39 is 0 Å². The molecule has 4 heteroatoms. The van der Waals surface area contributed by atoms with Gasteiger partial charge in [-0.25, -0.2) is 4.79 Å². The van der Waals surface area contributed by atoms with Gasteiger partial charge in [-0.1, -0.05) is 18.2 Å². The number of benzene rings is 1. The zero-order valence-corrected chi connectivity index (χ0v) is 12.3. The highest BCUT2D eigenvalue weighted by Gasteiger charge is 2.19. The van der Waals surface area contributed by atoms with Crippen LogP contribution in [-0.4, -0.2) is 24.5 Å². The van der Waals surface area contributed by atoms with Crippen molar-refractivity contribution < 1.29 is 9.53 Å². The van der Waals surface area contributed by atoms with Crippen LogP contribution in [0.2, 0.25) is 0 Å². The van der Waals surface area contributed by atoms with Crippen molar-refractivity contribution in [2.75, 3.05) is 13.7 Å². The van der Waals surface area contributed by atoms with Crippen LogP contribution in [0.3, 0.4) is 0 Å². The van der Waals surface area contributed by atoms with Gasteiger partial charge in [-0.3, -0.25) is 4.90 Å². The number of nitrogens with zero attached hydrogens (tertiary/aromatic N) is 1. The van der Waals surface area contributed by atoms with Gasteiger partial charge in [-0.05, 0) is 35.1 Å². The number of thiophene rings is 1.